The van der Waals surface area contributed by atoms with E-state index >= 15 is 0 Å². The number of carbonyl (C=O) groups excluding carboxylic acids is 3. The van der Waals surface area contributed by atoms with Crippen molar-refractivity contribution in [1.29, 1.82) is 0 Å². The maximum atomic E-state index is 14.4. The average molecular weight is 642 g/mol. The largest absolute Gasteiger partial charge is 0.350 e. The van der Waals surface area contributed by atoms with Crippen molar-refractivity contribution in [1.82, 2.24) is 35.1 Å². The molecule has 3 aromatic rings. The smallest absolute Gasteiger partial charge is 0.243 e. The van der Waals surface area contributed by atoms with Gasteiger partial charge in [-0.15, -0.1) is 0 Å². The molecule has 0 bridgehead atoms. The lowest BCUT2D eigenvalue weighted by atomic mass is 9.88. The zero-order valence-corrected chi connectivity index (χ0v) is 28.5. The summed E-state index contributed by atoms with van der Waals surface area (Å²) in [4.78, 5) is 48.1. The van der Waals surface area contributed by atoms with Gasteiger partial charge in [0, 0.05) is 45.7 Å². The number of nitrogens with one attached hydrogen (secondary N) is 2. The minimum Gasteiger partial charge on any atom is -0.350 e. The third kappa shape index (κ3) is 7.70. The second kappa shape index (κ2) is 14.6. The van der Waals surface area contributed by atoms with Crippen LogP contribution in [0.2, 0.25) is 0 Å². The van der Waals surface area contributed by atoms with Crippen LogP contribution in [0.15, 0.2) is 48.7 Å². The number of likely N-dealkylation sites (tertiary alicyclic amines) is 2. The first-order valence-corrected chi connectivity index (χ1v) is 17.4. The van der Waals surface area contributed by atoms with Gasteiger partial charge in [0.05, 0.1) is 23.7 Å². The Morgan fingerprint density at radius 1 is 1.02 bits per heavy atom. The first-order valence-electron chi connectivity index (χ1n) is 17.4. The van der Waals surface area contributed by atoms with E-state index in [-0.39, 0.29) is 23.6 Å². The molecule has 1 unspecified atom stereocenters. The molecule has 2 aromatic carbocycles. The van der Waals surface area contributed by atoms with E-state index in [0.717, 1.165) is 48.8 Å². The summed E-state index contributed by atoms with van der Waals surface area (Å²) in [6.07, 6.45) is 6.89. The lowest BCUT2D eigenvalue weighted by Crippen LogP contribution is -2.59. The van der Waals surface area contributed by atoms with E-state index in [9.17, 15) is 14.4 Å². The van der Waals surface area contributed by atoms with Crippen LogP contribution in [0, 0.1) is 24.7 Å². The number of hydrogen-bond donors (Lipinski definition) is 2. The number of nitrogens with zero attached hydrogens (tertiary/aromatic N) is 5. The first kappa shape index (κ1) is 33.2. The van der Waals surface area contributed by atoms with Gasteiger partial charge in [-0.05, 0) is 101 Å². The predicted octanol–water partition coefficient (Wildman–Crippen LogP) is 3.13. The van der Waals surface area contributed by atoms with Crippen LogP contribution in [0.3, 0.4) is 0 Å². The molecule has 3 amide bonds. The number of hydrogen-bond acceptors (Lipinski definition) is 6. The maximum absolute atomic E-state index is 14.4. The molecule has 6 rings (SSSR count). The molecule has 10 heteroatoms. The molecule has 3 aliphatic heterocycles. The van der Waals surface area contributed by atoms with Crippen molar-refractivity contribution in [2.75, 3.05) is 46.8 Å². The Kier molecular flexibility index (Phi) is 10.3. The molecule has 47 heavy (non-hydrogen) atoms. The fraction of sp³-hybridized carbons (Fsp3) is 0.568. The number of benzene rings is 2. The highest BCUT2D eigenvalue weighted by molar-refractivity contribution is 5.94. The van der Waals surface area contributed by atoms with Gasteiger partial charge in [0.2, 0.25) is 17.7 Å². The van der Waals surface area contributed by atoms with Gasteiger partial charge in [-0.25, -0.2) is 0 Å². The van der Waals surface area contributed by atoms with E-state index in [2.05, 4.69) is 58.9 Å². The molecule has 1 aromatic heterocycles. The fourth-order valence-electron chi connectivity index (χ4n) is 7.87. The van der Waals surface area contributed by atoms with Gasteiger partial charge < -0.3 is 25.3 Å². The van der Waals surface area contributed by atoms with Crippen LogP contribution in [0.4, 0.5) is 0 Å². The normalized spacial score (nSPS) is 24.9. The van der Waals surface area contributed by atoms with Crippen LogP contribution in [0.5, 0.6) is 0 Å². The summed E-state index contributed by atoms with van der Waals surface area (Å²) in [6, 6.07) is 13.4. The number of fused-ring (bicyclic) bond motifs is 1. The Balaban J connectivity index is 1.16. The number of aromatic nitrogens is 2. The van der Waals surface area contributed by atoms with Gasteiger partial charge in [0.1, 0.15) is 6.04 Å². The molecule has 0 radical (unpaired) electrons. The summed E-state index contributed by atoms with van der Waals surface area (Å²) >= 11 is 0. The Morgan fingerprint density at radius 2 is 1.81 bits per heavy atom. The lowest BCUT2D eigenvalue weighted by Gasteiger charge is -2.37. The van der Waals surface area contributed by atoms with Crippen LogP contribution in [-0.4, -0.2) is 101 Å². The second-order valence-corrected chi connectivity index (χ2v) is 14.3. The van der Waals surface area contributed by atoms with E-state index in [0.29, 0.717) is 44.9 Å². The zero-order chi connectivity index (χ0) is 33.1. The number of rotatable bonds is 10. The van der Waals surface area contributed by atoms with Gasteiger partial charge >= 0.3 is 0 Å². The molecule has 2 N–H and O–H groups in total. The van der Waals surface area contributed by atoms with Crippen molar-refractivity contribution in [2.24, 2.45) is 24.8 Å². The van der Waals surface area contributed by atoms with E-state index in [1.165, 1.54) is 17.5 Å². The maximum Gasteiger partial charge on any atom is 0.243 e. The third-order valence-corrected chi connectivity index (χ3v) is 10.7. The minimum absolute atomic E-state index is 0.0316. The average Bonchev–Trinajstić information content (AvgIpc) is 3.81. The van der Waals surface area contributed by atoms with Crippen molar-refractivity contribution in [2.45, 2.75) is 64.1 Å². The minimum atomic E-state index is -0.627. The second-order valence-electron chi connectivity index (χ2n) is 14.3. The van der Waals surface area contributed by atoms with Crippen molar-refractivity contribution in [3.63, 3.8) is 0 Å². The molecule has 10 nitrogen and oxygen atoms in total. The van der Waals surface area contributed by atoms with Gasteiger partial charge in [-0.1, -0.05) is 35.9 Å². The van der Waals surface area contributed by atoms with Gasteiger partial charge in [0.15, 0.2) is 0 Å². The molecule has 0 saturated carbocycles. The Labute approximate surface area is 278 Å². The molecule has 0 aliphatic carbocycles. The molecular formula is C37H51N7O3. The SMILES string of the molecule is Cc1ccc(C[C@@H]2C[C@@H](C(=O)NCc3ccc4c(cnn4C)c3)N(C(=O)[C@@H]3NCCC[C@@H]3C(=O)N(C)CCC3CCN(C)C3)C2)cc1. The Morgan fingerprint density at radius 3 is 2.57 bits per heavy atom. The highest BCUT2D eigenvalue weighted by Gasteiger charge is 2.45. The quantitative estimate of drug-likeness (QED) is 0.353. The lowest BCUT2D eigenvalue weighted by molar-refractivity contribution is -0.146. The monoisotopic (exact) mass is 641 g/mol. The predicted molar refractivity (Wildman–Crippen MR) is 183 cm³/mol. The van der Waals surface area contributed by atoms with Crippen LogP contribution in [0.1, 0.15) is 48.8 Å². The van der Waals surface area contributed by atoms with Crippen LogP contribution >= 0.6 is 0 Å². The zero-order valence-electron chi connectivity index (χ0n) is 28.5. The van der Waals surface area contributed by atoms with Crippen molar-refractivity contribution in [3.8, 4) is 0 Å². The molecule has 4 heterocycles. The molecule has 3 fully saturated rings. The van der Waals surface area contributed by atoms with E-state index < -0.39 is 18.0 Å². The van der Waals surface area contributed by atoms with Gasteiger partial charge in [-0.3, -0.25) is 19.1 Å². The van der Waals surface area contributed by atoms with Crippen LogP contribution < -0.4 is 10.6 Å². The topological polar surface area (TPSA) is 103 Å². The number of aryl methyl sites for hydroxylation is 2. The summed E-state index contributed by atoms with van der Waals surface area (Å²) in [7, 11) is 5.94. The third-order valence-electron chi connectivity index (χ3n) is 10.7. The van der Waals surface area contributed by atoms with Crippen molar-refractivity contribution >= 4 is 28.6 Å². The highest BCUT2D eigenvalue weighted by Crippen LogP contribution is 2.31. The molecule has 5 atom stereocenters. The number of piperidine rings is 1. The Bertz CT molecular complexity index is 1570. The summed E-state index contributed by atoms with van der Waals surface area (Å²) < 4.78 is 1.83. The van der Waals surface area contributed by atoms with E-state index in [1.54, 1.807) is 4.90 Å². The molecule has 0 spiro atoms. The molecular weight excluding hydrogens is 590 g/mol. The molecule has 3 saturated heterocycles. The molecule has 3 aliphatic rings. The number of amides is 3. The summed E-state index contributed by atoms with van der Waals surface area (Å²) in [6.45, 7) is 6.52. The van der Waals surface area contributed by atoms with Crippen LogP contribution in [-0.2, 0) is 34.4 Å². The summed E-state index contributed by atoms with van der Waals surface area (Å²) in [5.74, 6) is 0.0834. The van der Waals surface area contributed by atoms with E-state index in [4.69, 9.17) is 0 Å². The fourth-order valence-corrected chi connectivity index (χ4v) is 7.87. The highest BCUT2D eigenvalue weighted by atomic mass is 16.2. The Hall–Kier alpha value is -3.76. The van der Waals surface area contributed by atoms with E-state index in [1.807, 2.05) is 48.1 Å². The van der Waals surface area contributed by atoms with Crippen molar-refractivity contribution in [3.05, 3.63) is 65.4 Å². The standard InChI is InChI=1S/C37H51N7O3/c1-25-7-9-26(10-8-25)18-29-20-33(35(45)39-21-28-11-12-32-30(19-28)22-40-43(32)4)44(24-29)37(47)34-31(6-5-15-38-34)36(46)42(3)17-14-27-13-16-41(2)23-27/h7-12,19,22,27,29,31,33-34,38H,5-6,13-18,20-21,23-24H2,1-4H3,(H,39,45)/t27?,29-,31+,33+,34-/m1/s1. The first-order chi connectivity index (χ1) is 22.7. The van der Waals surface area contributed by atoms with Gasteiger partial charge in [-0.2, -0.15) is 5.10 Å². The summed E-state index contributed by atoms with van der Waals surface area (Å²) in [5, 5.41) is 11.9. The van der Waals surface area contributed by atoms with Crippen molar-refractivity contribution < 1.29 is 14.4 Å². The molecule has 252 valence electrons. The van der Waals surface area contributed by atoms with Gasteiger partial charge in [0.25, 0.3) is 0 Å². The summed E-state index contributed by atoms with van der Waals surface area (Å²) in [5.41, 5.74) is 4.43. The van der Waals surface area contributed by atoms with Crippen LogP contribution in [0.25, 0.3) is 10.9 Å². The number of carbonyl (C=O) groups is 3.